The highest BCUT2D eigenvalue weighted by atomic mass is 16.7. The van der Waals surface area contributed by atoms with Crippen molar-refractivity contribution in [2.24, 2.45) is 0 Å². The lowest BCUT2D eigenvalue weighted by Crippen LogP contribution is -2.30. The van der Waals surface area contributed by atoms with Crippen LogP contribution in [0.15, 0.2) is 42.5 Å². The summed E-state index contributed by atoms with van der Waals surface area (Å²) in [5.74, 6) is 2.22. The van der Waals surface area contributed by atoms with Gasteiger partial charge in [-0.05, 0) is 23.8 Å². The van der Waals surface area contributed by atoms with Gasteiger partial charge in [0.2, 0.25) is 12.7 Å². The van der Waals surface area contributed by atoms with Gasteiger partial charge < -0.3 is 19.5 Å². The number of amides is 1. The fourth-order valence-corrected chi connectivity index (χ4v) is 2.76. The van der Waals surface area contributed by atoms with Crippen molar-refractivity contribution in [3.63, 3.8) is 0 Å². The van der Waals surface area contributed by atoms with Crippen molar-refractivity contribution in [1.82, 2.24) is 5.32 Å². The Kier molecular flexibility index (Phi) is 3.11. The van der Waals surface area contributed by atoms with Crippen molar-refractivity contribution in [3.05, 3.63) is 53.6 Å². The highest BCUT2D eigenvalue weighted by molar-refractivity contribution is 5.79. The number of ether oxygens (including phenoxy) is 3. The minimum atomic E-state index is -0.0855. The number of carbonyl (C=O) groups excluding carboxylic acids is 1. The Morgan fingerprint density at radius 1 is 1.05 bits per heavy atom. The Morgan fingerprint density at radius 3 is 2.86 bits per heavy atom. The van der Waals surface area contributed by atoms with Crippen LogP contribution in [0.3, 0.4) is 0 Å². The molecule has 5 heteroatoms. The van der Waals surface area contributed by atoms with E-state index in [-0.39, 0.29) is 18.7 Å². The van der Waals surface area contributed by atoms with Gasteiger partial charge in [-0.3, -0.25) is 4.79 Å². The molecule has 0 unspecified atom stereocenters. The van der Waals surface area contributed by atoms with Crippen molar-refractivity contribution in [3.8, 4) is 17.2 Å². The molecule has 112 valence electrons. The van der Waals surface area contributed by atoms with Crippen LogP contribution in [0.2, 0.25) is 0 Å². The molecule has 2 aromatic carbocycles. The molecule has 2 aromatic rings. The van der Waals surface area contributed by atoms with Crippen LogP contribution < -0.4 is 19.5 Å². The number of carbonyl (C=O) groups is 1. The number of hydrogen-bond donors (Lipinski definition) is 1. The quantitative estimate of drug-likeness (QED) is 0.943. The molecule has 0 spiro atoms. The summed E-state index contributed by atoms with van der Waals surface area (Å²) in [5.41, 5.74) is 1.93. The normalized spacial score (nSPS) is 17.7. The van der Waals surface area contributed by atoms with Gasteiger partial charge in [-0.1, -0.05) is 24.3 Å². The fourth-order valence-electron chi connectivity index (χ4n) is 2.76. The van der Waals surface area contributed by atoms with E-state index in [1.165, 1.54) is 0 Å². The van der Waals surface area contributed by atoms with Gasteiger partial charge in [-0.25, -0.2) is 0 Å². The third kappa shape index (κ3) is 2.35. The van der Waals surface area contributed by atoms with Crippen molar-refractivity contribution in [2.75, 3.05) is 13.4 Å². The Bertz CT molecular complexity index is 728. The molecule has 1 N–H and O–H groups in total. The van der Waals surface area contributed by atoms with Crippen LogP contribution >= 0.6 is 0 Å². The summed E-state index contributed by atoms with van der Waals surface area (Å²) in [6.07, 6.45) is 0.301. The van der Waals surface area contributed by atoms with E-state index in [1.807, 2.05) is 42.5 Å². The molecule has 0 bridgehead atoms. The molecule has 5 nitrogen and oxygen atoms in total. The highest BCUT2D eigenvalue weighted by Crippen LogP contribution is 2.33. The Labute approximate surface area is 127 Å². The lowest BCUT2D eigenvalue weighted by atomic mass is 10.1. The van der Waals surface area contributed by atoms with Crippen molar-refractivity contribution in [2.45, 2.75) is 12.5 Å². The lowest BCUT2D eigenvalue weighted by molar-refractivity contribution is -0.121. The number of para-hydroxylation sites is 1. The van der Waals surface area contributed by atoms with E-state index < -0.39 is 0 Å². The van der Waals surface area contributed by atoms with E-state index in [2.05, 4.69) is 5.32 Å². The molecule has 2 aliphatic heterocycles. The van der Waals surface area contributed by atoms with E-state index >= 15 is 0 Å². The van der Waals surface area contributed by atoms with Gasteiger partial charge in [0.1, 0.15) is 12.4 Å². The summed E-state index contributed by atoms with van der Waals surface area (Å²) >= 11 is 0. The predicted molar refractivity (Wildman–Crippen MR) is 79.1 cm³/mol. The molecular weight excluding hydrogens is 282 g/mol. The zero-order chi connectivity index (χ0) is 14.9. The maximum atomic E-state index is 12.2. The molecule has 22 heavy (non-hydrogen) atoms. The molecule has 0 saturated carbocycles. The maximum Gasteiger partial charge on any atom is 0.231 e. The van der Waals surface area contributed by atoms with Crippen molar-refractivity contribution in [1.29, 1.82) is 0 Å². The molecule has 1 amide bonds. The Balaban J connectivity index is 1.43. The fraction of sp³-hybridized carbons (Fsp3) is 0.235. The summed E-state index contributed by atoms with van der Waals surface area (Å²) in [5, 5.41) is 3.02. The third-order valence-corrected chi connectivity index (χ3v) is 3.84. The van der Waals surface area contributed by atoms with Gasteiger partial charge in [-0.2, -0.15) is 0 Å². The minimum absolute atomic E-state index is 0.0378. The SMILES string of the molecule is O=C(Cc1ccc2c(c1)OCO2)N[C@@H]1COc2ccccc21. The van der Waals surface area contributed by atoms with Crippen LogP contribution in [0.4, 0.5) is 0 Å². The third-order valence-electron chi connectivity index (χ3n) is 3.84. The molecule has 0 saturated heterocycles. The Hall–Kier alpha value is -2.69. The summed E-state index contributed by atoms with van der Waals surface area (Å²) in [7, 11) is 0. The van der Waals surface area contributed by atoms with Gasteiger partial charge in [-0.15, -0.1) is 0 Å². The van der Waals surface area contributed by atoms with Gasteiger partial charge in [0, 0.05) is 5.56 Å². The first-order valence-electron chi connectivity index (χ1n) is 7.19. The van der Waals surface area contributed by atoms with E-state index in [0.29, 0.717) is 18.8 Å². The molecule has 0 fully saturated rings. The zero-order valence-corrected chi connectivity index (χ0v) is 11.9. The zero-order valence-electron chi connectivity index (χ0n) is 11.9. The summed E-state index contributed by atoms with van der Waals surface area (Å²) < 4.78 is 16.2. The van der Waals surface area contributed by atoms with E-state index in [0.717, 1.165) is 22.6 Å². The number of fused-ring (bicyclic) bond motifs is 2. The van der Waals surface area contributed by atoms with E-state index in [4.69, 9.17) is 14.2 Å². The predicted octanol–water partition coefficient (Wildman–Crippen LogP) is 2.21. The first kappa shape index (κ1) is 13.0. The van der Waals surface area contributed by atoms with Gasteiger partial charge >= 0.3 is 0 Å². The van der Waals surface area contributed by atoms with Crippen LogP contribution in [0.1, 0.15) is 17.2 Å². The Morgan fingerprint density at radius 2 is 1.91 bits per heavy atom. The number of rotatable bonds is 3. The summed E-state index contributed by atoms with van der Waals surface area (Å²) in [6.45, 7) is 0.716. The summed E-state index contributed by atoms with van der Waals surface area (Å²) in [4.78, 5) is 12.2. The van der Waals surface area contributed by atoms with E-state index in [1.54, 1.807) is 0 Å². The molecule has 0 aromatic heterocycles. The molecule has 0 radical (unpaired) electrons. The first-order valence-corrected chi connectivity index (χ1v) is 7.19. The number of benzene rings is 2. The molecular formula is C17H15NO4. The van der Waals surface area contributed by atoms with Gasteiger partial charge in [0.25, 0.3) is 0 Å². The second-order valence-corrected chi connectivity index (χ2v) is 5.33. The van der Waals surface area contributed by atoms with Gasteiger partial charge in [0.05, 0.1) is 12.5 Å². The van der Waals surface area contributed by atoms with E-state index in [9.17, 15) is 4.79 Å². The van der Waals surface area contributed by atoms with Gasteiger partial charge in [0.15, 0.2) is 11.5 Å². The highest BCUT2D eigenvalue weighted by Gasteiger charge is 2.25. The smallest absolute Gasteiger partial charge is 0.231 e. The average molecular weight is 297 g/mol. The molecule has 4 rings (SSSR count). The number of nitrogens with one attached hydrogen (secondary N) is 1. The largest absolute Gasteiger partial charge is 0.491 e. The van der Waals surface area contributed by atoms with Crippen LogP contribution in [0.5, 0.6) is 17.2 Å². The maximum absolute atomic E-state index is 12.2. The standard InChI is InChI=1S/C17H15NO4/c19-17(8-11-5-6-15-16(7-11)22-10-21-15)18-13-9-20-14-4-2-1-3-12(13)14/h1-7,13H,8-10H2,(H,18,19)/t13-/m1/s1. The molecule has 2 heterocycles. The lowest BCUT2D eigenvalue weighted by Gasteiger charge is -2.12. The van der Waals surface area contributed by atoms with Crippen molar-refractivity contribution < 1.29 is 19.0 Å². The first-order chi connectivity index (χ1) is 10.8. The second-order valence-electron chi connectivity index (χ2n) is 5.33. The average Bonchev–Trinajstić information content (AvgIpc) is 3.14. The van der Waals surface area contributed by atoms with Crippen LogP contribution in [-0.2, 0) is 11.2 Å². The monoisotopic (exact) mass is 297 g/mol. The topological polar surface area (TPSA) is 56.8 Å². The molecule has 0 aliphatic carbocycles. The summed E-state index contributed by atoms with van der Waals surface area (Å²) in [6, 6.07) is 13.2. The molecule has 1 atom stereocenters. The number of hydrogen-bond acceptors (Lipinski definition) is 4. The van der Waals surface area contributed by atoms with Crippen LogP contribution in [-0.4, -0.2) is 19.3 Å². The van der Waals surface area contributed by atoms with Crippen molar-refractivity contribution >= 4 is 5.91 Å². The van der Waals surface area contributed by atoms with Crippen LogP contribution in [0.25, 0.3) is 0 Å². The minimum Gasteiger partial charge on any atom is -0.491 e. The van der Waals surface area contributed by atoms with Crippen LogP contribution in [0, 0.1) is 0 Å². The second kappa shape index (κ2) is 5.26. The molecule has 2 aliphatic rings.